The predicted molar refractivity (Wildman–Crippen MR) is 83.7 cm³/mol. The second-order valence-corrected chi connectivity index (χ2v) is 7.23. The van der Waals surface area contributed by atoms with E-state index >= 15 is 0 Å². The zero-order chi connectivity index (χ0) is 15.3. The number of nitrogens with one attached hydrogen (secondary N) is 1. The Labute approximate surface area is 127 Å². The van der Waals surface area contributed by atoms with Crippen LogP contribution >= 0.6 is 11.6 Å². The molecule has 1 rings (SSSR count). The molecule has 4 nitrogen and oxygen atoms in total. The molecule has 0 fully saturated rings. The minimum absolute atomic E-state index is 0.294. The van der Waals surface area contributed by atoms with Gasteiger partial charge in [0.25, 0.3) is 0 Å². The van der Waals surface area contributed by atoms with Gasteiger partial charge in [-0.25, -0.2) is 12.7 Å². The van der Waals surface area contributed by atoms with Gasteiger partial charge in [0.2, 0.25) is 10.0 Å². The number of hydrogen-bond donors (Lipinski definition) is 1. The highest BCUT2D eigenvalue weighted by Crippen LogP contribution is 2.26. The number of hydrogen-bond acceptors (Lipinski definition) is 3. The van der Waals surface area contributed by atoms with E-state index in [2.05, 4.69) is 12.2 Å². The van der Waals surface area contributed by atoms with E-state index in [9.17, 15) is 8.42 Å². The van der Waals surface area contributed by atoms with Gasteiger partial charge in [0, 0.05) is 25.2 Å². The normalized spacial score (nSPS) is 12.1. The topological polar surface area (TPSA) is 49.4 Å². The average molecular weight is 319 g/mol. The first kappa shape index (κ1) is 17.4. The fraction of sp³-hybridized carbons (Fsp3) is 0.571. The van der Waals surface area contributed by atoms with E-state index < -0.39 is 10.0 Å². The second-order valence-electron chi connectivity index (χ2n) is 4.78. The van der Waals surface area contributed by atoms with Crippen molar-refractivity contribution in [1.29, 1.82) is 0 Å². The lowest BCUT2D eigenvalue weighted by atomic mass is 10.1. The minimum Gasteiger partial charge on any atom is -0.313 e. The molecule has 0 amide bonds. The highest BCUT2D eigenvalue weighted by atomic mass is 35.5. The Balaban J connectivity index is 3.21. The van der Waals surface area contributed by atoms with Crippen molar-refractivity contribution >= 4 is 21.6 Å². The van der Waals surface area contributed by atoms with Crippen molar-refractivity contribution in [3.63, 3.8) is 0 Å². The van der Waals surface area contributed by atoms with Crippen molar-refractivity contribution in [3.05, 3.63) is 28.3 Å². The number of sulfonamides is 1. The quantitative estimate of drug-likeness (QED) is 0.786. The maximum Gasteiger partial charge on any atom is 0.243 e. The summed E-state index contributed by atoms with van der Waals surface area (Å²) in [6.45, 7) is 7.67. The van der Waals surface area contributed by atoms with Crippen LogP contribution in [0.3, 0.4) is 0 Å². The van der Waals surface area contributed by atoms with Crippen LogP contribution in [-0.4, -0.2) is 32.9 Å². The predicted octanol–water partition coefficient (Wildman–Crippen LogP) is 2.79. The second kappa shape index (κ2) is 7.41. The molecule has 1 aromatic carbocycles. The summed E-state index contributed by atoms with van der Waals surface area (Å²) in [4.78, 5) is 0.294. The largest absolute Gasteiger partial charge is 0.313 e. The molecule has 0 aliphatic carbocycles. The van der Waals surface area contributed by atoms with Crippen LogP contribution in [-0.2, 0) is 16.6 Å². The minimum atomic E-state index is -3.47. The highest BCUT2D eigenvalue weighted by molar-refractivity contribution is 7.89. The molecule has 0 unspecified atom stereocenters. The van der Waals surface area contributed by atoms with E-state index in [1.807, 2.05) is 13.0 Å². The Kier molecular flexibility index (Phi) is 6.45. The summed E-state index contributed by atoms with van der Waals surface area (Å²) in [5, 5.41) is 3.73. The van der Waals surface area contributed by atoms with Crippen LogP contribution in [0.15, 0.2) is 17.0 Å². The molecule has 0 spiro atoms. The monoisotopic (exact) mass is 318 g/mol. The third-order valence-corrected chi connectivity index (χ3v) is 5.59. The molecule has 0 aliphatic heterocycles. The molecule has 0 radical (unpaired) electrons. The Morgan fingerprint density at radius 2 is 1.95 bits per heavy atom. The molecule has 6 heteroatoms. The molecule has 0 aliphatic rings. The molecule has 114 valence electrons. The molecular formula is C14H23ClN2O2S. The van der Waals surface area contributed by atoms with Crippen LogP contribution in [0.2, 0.25) is 5.02 Å². The summed E-state index contributed by atoms with van der Waals surface area (Å²) in [5.41, 5.74) is 1.69. The Hall–Kier alpha value is -0.620. The van der Waals surface area contributed by atoms with E-state index in [4.69, 9.17) is 11.6 Å². The lowest BCUT2D eigenvalue weighted by Gasteiger charge is -2.19. The molecule has 0 heterocycles. The zero-order valence-electron chi connectivity index (χ0n) is 12.5. The van der Waals surface area contributed by atoms with Crippen LogP contribution < -0.4 is 5.32 Å². The smallest absolute Gasteiger partial charge is 0.243 e. The van der Waals surface area contributed by atoms with Crippen molar-refractivity contribution in [2.24, 2.45) is 0 Å². The highest BCUT2D eigenvalue weighted by Gasteiger charge is 2.23. The number of halogens is 1. The molecule has 1 N–H and O–H groups in total. The van der Waals surface area contributed by atoms with Gasteiger partial charge in [-0.15, -0.1) is 0 Å². The zero-order valence-corrected chi connectivity index (χ0v) is 14.1. The fourth-order valence-electron chi connectivity index (χ4n) is 1.90. The summed E-state index contributed by atoms with van der Waals surface area (Å²) >= 11 is 6.08. The van der Waals surface area contributed by atoms with Crippen LogP contribution in [0.1, 0.15) is 31.4 Å². The van der Waals surface area contributed by atoms with Gasteiger partial charge in [-0.05, 0) is 43.1 Å². The van der Waals surface area contributed by atoms with Gasteiger partial charge in [0.1, 0.15) is 0 Å². The molecule has 0 saturated heterocycles. The summed E-state index contributed by atoms with van der Waals surface area (Å²) in [6.07, 6.45) is 1.03. The lowest BCUT2D eigenvalue weighted by Crippen LogP contribution is -2.27. The van der Waals surface area contributed by atoms with E-state index in [0.717, 1.165) is 24.1 Å². The summed E-state index contributed by atoms with van der Waals surface area (Å²) < 4.78 is 26.3. The Bertz CT molecular complexity index is 559. The molecule has 0 bridgehead atoms. The maximum atomic E-state index is 12.5. The van der Waals surface area contributed by atoms with Crippen LogP contribution in [0.4, 0.5) is 0 Å². The van der Waals surface area contributed by atoms with Crippen LogP contribution in [0.5, 0.6) is 0 Å². The first-order valence-electron chi connectivity index (χ1n) is 6.80. The number of benzene rings is 1. The first-order chi connectivity index (χ1) is 9.34. The van der Waals surface area contributed by atoms with Gasteiger partial charge >= 0.3 is 0 Å². The van der Waals surface area contributed by atoms with Gasteiger partial charge in [-0.2, -0.15) is 0 Å². The maximum absolute atomic E-state index is 12.5. The summed E-state index contributed by atoms with van der Waals surface area (Å²) in [7, 11) is -1.90. The van der Waals surface area contributed by atoms with Gasteiger partial charge in [0.15, 0.2) is 0 Å². The van der Waals surface area contributed by atoms with Crippen molar-refractivity contribution in [1.82, 2.24) is 9.62 Å². The third kappa shape index (κ3) is 3.95. The van der Waals surface area contributed by atoms with E-state index in [1.165, 1.54) is 10.4 Å². The van der Waals surface area contributed by atoms with Crippen molar-refractivity contribution in [2.45, 2.75) is 38.6 Å². The summed E-state index contributed by atoms with van der Waals surface area (Å²) in [6, 6.07) is 3.35. The molecule has 0 atom stereocenters. The van der Waals surface area contributed by atoms with E-state index in [-0.39, 0.29) is 0 Å². The SMILES string of the molecule is CCCNCc1cc(Cl)cc(S(=O)(=O)N(C)CC)c1C. The molecule has 0 aromatic heterocycles. The van der Waals surface area contributed by atoms with Crippen LogP contribution in [0.25, 0.3) is 0 Å². The third-order valence-electron chi connectivity index (χ3n) is 3.31. The van der Waals surface area contributed by atoms with Crippen LogP contribution in [0, 0.1) is 6.92 Å². The Morgan fingerprint density at radius 3 is 2.50 bits per heavy atom. The van der Waals surface area contributed by atoms with Crippen molar-refractivity contribution in [3.8, 4) is 0 Å². The fourth-order valence-corrected chi connectivity index (χ4v) is 3.67. The standard InChI is InChI=1S/C14H23ClN2O2S/c1-5-7-16-10-12-8-13(15)9-14(11(12)3)20(18,19)17(4)6-2/h8-9,16H,5-7,10H2,1-4H3. The molecule has 0 saturated carbocycles. The van der Waals surface area contributed by atoms with Gasteiger partial charge in [-0.1, -0.05) is 25.4 Å². The molecule has 1 aromatic rings. The van der Waals surface area contributed by atoms with E-state index in [1.54, 1.807) is 14.0 Å². The first-order valence-corrected chi connectivity index (χ1v) is 8.62. The van der Waals surface area contributed by atoms with Gasteiger partial charge in [0.05, 0.1) is 4.90 Å². The van der Waals surface area contributed by atoms with E-state index in [0.29, 0.717) is 23.0 Å². The molecular weight excluding hydrogens is 296 g/mol. The number of rotatable bonds is 7. The average Bonchev–Trinajstić information content (AvgIpc) is 2.41. The molecule has 20 heavy (non-hydrogen) atoms. The number of nitrogens with zero attached hydrogens (tertiary/aromatic N) is 1. The van der Waals surface area contributed by atoms with Crippen molar-refractivity contribution < 1.29 is 8.42 Å². The van der Waals surface area contributed by atoms with Gasteiger partial charge in [-0.3, -0.25) is 0 Å². The van der Waals surface area contributed by atoms with Gasteiger partial charge < -0.3 is 5.32 Å². The lowest BCUT2D eigenvalue weighted by molar-refractivity contribution is 0.485. The Morgan fingerprint density at radius 1 is 1.30 bits per heavy atom. The summed E-state index contributed by atoms with van der Waals surface area (Å²) in [5.74, 6) is 0. The van der Waals surface area contributed by atoms with Crippen molar-refractivity contribution in [2.75, 3.05) is 20.1 Å².